The van der Waals surface area contributed by atoms with Crippen molar-refractivity contribution < 1.29 is 10.2 Å². The minimum atomic E-state index is -0.214. The van der Waals surface area contributed by atoms with E-state index in [1.165, 1.54) is 0 Å². The molecular weight excluding hydrogens is 128 g/mol. The Balaban J connectivity index is 2.13. The van der Waals surface area contributed by atoms with Crippen molar-refractivity contribution in [1.82, 2.24) is 0 Å². The lowest BCUT2D eigenvalue weighted by Crippen LogP contribution is -2.35. The van der Waals surface area contributed by atoms with Crippen molar-refractivity contribution in [1.29, 1.82) is 0 Å². The van der Waals surface area contributed by atoms with E-state index in [2.05, 4.69) is 0 Å². The van der Waals surface area contributed by atoms with Crippen molar-refractivity contribution in [3.05, 3.63) is 0 Å². The molecule has 0 aromatic carbocycles. The van der Waals surface area contributed by atoms with Crippen LogP contribution < -0.4 is 0 Å². The number of hydrogen-bond donors (Lipinski definition) is 2. The van der Waals surface area contributed by atoms with Crippen LogP contribution in [0.5, 0.6) is 0 Å². The molecule has 2 fully saturated rings. The van der Waals surface area contributed by atoms with Crippen LogP contribution in [0.4, 0.5) is 0 Å². The van der Waals surface area contributed by atoms with Gasteiger partial charge in [-0.25, -0.2) is 0 Å². The fourth-order valence-corrected chi connectivity index (χ4v) is 2.43. The quantitative estimate of drug-likeness (QED) is 0.518. The average Bonchev–Trinajstić information content (AvgIpc) is 2.13. The van der Waals surface area contributed by atoms with Gasteiger partial charge in [0.2, 0.25) is 0 Å². The SMILES string of the molecule is O[C@@H]1[C@@H]2CC[C@H]1[C@H](O)CC2. The molecule has 2 aliphatic rings. The molecule has 2 bridgehead atoms. The molecule has 2 aliphatic carbocycles. The fourth-order valence-electron chi connectivity index (χ4n) is 2.43. The first-order valence-corrected chi connectivity index (χ1v) is 4.15. The summed E-state index contributed by atoms with van der Waals surface area (Å²) in [5.41, 5.74) is 0. The Bertz CT molecular complexity index is 135. The topological polar surface area (TPSA) is 40.5 Å². The van der Waals surface area contributed by atoms with E-state index in [0.717, 1.165) is 25.7 Å². The molecule has 2 nitrogen and oxygen atoms in total. The zero-order valence-electron chi connectivity index (χ0n) is 6.03. The summed E-state index contributed by atoms with van der Waals surface area (Å²) in [5.74, 6) is 0.715. The van der Waals surface area contributed by atoms with Crippen LogP contribution in [0.3, 0.4) is 0 Å². The first kappa shape index (κ1) is 6.62. The van der Waals surface area contributed by atoms with Crippen LogP contribution in [0, 0.1) is 11.8 Å². The lowest BCUT2D eigenvalue weighted by Gasteiger charge is -2.29. The normalized spacial score (nSPS) is 53.4. The van der Waals surface area contributed by atoms with Gasteiger partial charge in [-0.3, -0.25) is 0 Å². The largest absolute Gasteiger partial charge is 0.393 e. The molecule has 2 heteroatoms. The maximum atomic E-state index is 9.52. The third-order valence-corrected chi connectivity index (χ3v) is 3.12. The second-order valence-corrected chi connectivity index (χ2v) is 3.64. The number of hydrogen-bond acceptors (Lipinski definition) is 2. The number of aliphatic hydroxyl groups is 2. The molecule has 4 atom stereocenters. The van der Waals surface area contributed by atoms with Gasteiger partial charge in [-0.15, -0.1) is 0 Å². The summed E-state index contributed by atoms with van der Waals surface area (Å²) in [6.45, 7) is 0. The highest BCUT2D eigenvalue weighted by molar-refractivity contribution is 4.93. The zero-order valence-corrected chi connectivity index (χ0v) is 6.03. The number of rotatable bonds is 0. The third-order valence-electron chi connectivity index (χ3n) is 3.12. The Kier molecular flexibility index (Phi) is 1.46. The first-order valence-electron chi connectivity index (χ1n) is 4.15. The summed E-state index contributed by atoms with van der Waals surface area (Å²) < 4.78 is 0. The molecule has 0 saturated heterocycles. The van der Waals surface area contributed by atoms with Crippen molar-refractivity contribution >= 4 is 0 Å². The molecule has 0 amide bonds. The smallest absolute Gasteiger partial charge is 0.0621 e. The van der Waals surface area contributed by atoms with E-state index >= 15 is 0 Å². The molecule has 58 valence electrons. The third kappa shape index (κ3) is 0.789. The van der Waals surface area contributed by atoms with E-state index in [1.807, 2.05) is 0 Å². The van der Waals surface area contributed by atoms with Crippen LogP contribution in [-0.2, 0) is 0 Å². The van der Waals surface area contributed by atoms with Gasteiger partial charge in [0, 0.05) is 5.92 Å². The Morgan fingerprint density at radius 3 is 2.30 bits per heavy atom. The van der Waals surface area contributed by atoms with Crippen LogP contribution in [0.15, 0.2) is 0 Å². The second-order valence-electron chi connectivity index (χ2n) is 3.64. The molecule has 0 radical (unpaired) electrons. The van der Waals surface area contributed by atoms with Crippen LogP contribution in [0.25, 0.3) is 0 Å². The highest BCUT2D eigenvalue weighted by Crippen LogP contribution is 2.42. The van der Waals surface area contributed by atoms with Crippen molar-refractivity contribution in [3.8, 4) is 0 Å². The van der Waals surface area contributed by atoms with Crippen molar-refractivity contribution in [2.75, 3.05) is 0 Å². The van der Waals surface area contributed by atoms with Gasteiger partial charge in [0.1, 0.15) is 0 Å². The second kappa shape index (κ2) is 2.21. The lowest BCUT2D eigenvalue weighted by atomic mass is 9.84. The van der Waals surface area contributed by atoms with Gasteiger partial charge in [-0.2, -0.15) is 0 Å². The molecule has 0 aromatic rings. The highest BCUT2D eigenvalue weighted by atomic mass is 16.3. The standard InChI is InChI=1S/C8H14O2/c9-7-4-2-5-1-3-6(7)8(5)10/h5-10H,1-4H2/t5-,6+,7-,8-/m1/s1. The van der Waals surface area contributed by atoms with Crippen molar-refractivity contribution in [2.45, 2.75) is 37.9 Å². The van der Waals surface area contributed by atoms with E-state index in [-0.39, 0.29) is 18.1 Å². The summed E-state index contributed by atoms with van der Waals surface area (Å²) in [5, 5.41) is 18.9. The zero-order chi connectivity index (χ0) is 7.14. The van der Waals surface area contributed by atoms with Crippen LogP contribution in [-0.4, -0.2) is 22.4 Å². The minimum absolute atomic E-state index is 0.191. The van der Waals surface area contributed by atoms with Crippen molar-refractivity contribution in [3.63, 3.8) is 0 Å². The molecule has 0 aliphatic heterocycles. The monoisotopic (exact) mass is 142 g/mol. The Labute approximate surface area is 60.9 Å². The summed E-state index contributed by atoms with van der Waals surface area (Å²) >= 11 is 0. The fraction of sp³-hybridized carbons (Fsp3) is 1.00. The van der Waals surface area contributed by atoms with Gasteiger partial charge in [0.25, 0.3) is 0 Å². The summed E-state index contributed by atoms with van der Waals surface area (Å²) in [7, 11) is 0. The molecule has 0 aromatic heterocycles. The molecular formula is C8H14O2. The molecule has 0 unspecified atom stereocenters. The first-order chi connectivity index (χ1) is 4.79. The van der Waals surface area contributed by atoms with E-state index in [4.69, 9.17) is 0 Å². The molecule has 0 heterocycles. The van der Waals surface area contributed by atoms with Crippen LogP contribution in [0.1, 0.15) is 25.7 Å². The maximum absolute atomic E-state index is 9.52. The van der Waals surface area contributed by atoms with E-state index in [9.17, 15) is 10.2 Å². The van der Waals surface area contributed by atoms with E-state index in [0.29, 0.717) is 5.92 Å². The van der Waals surface area contributed by atoms with E-state index in [1.54, 1.807) is 0 Å². The molecule has 0 spiro atoms. The molecule has 10 heavy (non-hydrogen) atoms. The van der Waals surface area contributed by atoms with E-state index < -0.39 is 0 Å². The van der Waals surface area contributed by atoms with Gasteiger partial charge in [0.05, 0.1) is 12.2 Å². The molecule has 2 saturated carbocycles. The summed E-state index contributed by atoms with van der Waals surface area (Å²) in [4.78, 5) is 0. The van der Waals surface area contributed by atoms with Crippen molar-refractivity contribution in [2.24, 2.45) is 11.8 Å². The average molecular weight is 142 g/mol. The van der Waals surface area contributed by atoms with Crippen LogP contribution in [0.2, 0.25) is 0 Å². The predicted molar refractivity (Wildman–Crippen MR) is 37.5 cm³/mol. The molecule has 2 N–H and O–H groups in total. The predicted octanol–water partition coefficient (Wildman–Crippen LogP) is 0.528. The van der Waals surface area contributed by atoms with Crippen LogP contribution >= 0.6 is 0 Å². The van der Waals surface area contributed by atoms with Gasteiger partial charge in [0.15, 0.2) is 0 Å². The maximum Gasteiger partial charge on any atom is 0.0621 e. The Morgan fingerprint density at radius 1 is 0.900 bits per heavy atom. The Hall–Kier alpha value is -0.0800. The summed E-state index contributed by atoms with van der Waals surface area (Å²) in [6, 6.07) is 0. The van der Waals surface area contributed by atoms with Gasteiger partial charge in [-0.1, -0.05) is 0 Å². The summed E-state index contributed by atoms with van der Waals surface area (Å²) in [6.07, 6.45) is 3.69. The van der Waals surface area contributed by atoms with Gasteiger partial charge < -0.3 is 10.2 Å². The van der Waals surface area contributed by atoms with Gasteiger partial charge in [-0.05, 0) is 31.6 Å². The minimum Gasteiger partial charge on any atom is -0.393 e. The number of aliphatic hydroxyl groups excluding tert-OH is 2. The van der Waals surface area contributed by atoms with Gasteiger partial charge >= 0.3 is 0 Å². The lowest BCUT2D eigenvalue weighted by molar-refractivity contribution is -0.0224. The number of fused-ring (bicyclic) bond motifs is 2. The Morgan fingerprint density at radius 2 is 1.60 bits per heavy atom. The highest BCUT2D eigenvalue weighted by Gasteiger charge is 2.42. The molecule has 2 rings (SSSR count).